The zero-order chi connectivity index (χ0) is 14.8. The van der Waals surface area contributed by atoms with E-state index < -0.39 is 0 Å². The molecule has 0 saturated heterocycles. The molecule has 0 spiro atoms. The van der Waals surface area contributed by atoms with Gasteiger partial charge in [0.05, 0.1) is 5.92 Å². The van der Waals surface area contributed by atoms with Gasteiger partial charge in [0, 0.05) is 13.1 Å². The topological polar surface area (TPSA) is 46.6 Å². The molecule has 0 aromatic carbocycles. The third kappa shape index (κ3) is 3.14. The zero-order valence-electron chi connectivity index (χ0n) is 12.8. The van der Waals surface area contributed by atoms with Crippen LogP contribution in [0.25, 0.3) is 0 Å². The van der Waals surface area contributed by atoms with E-state index in [1.807, 2.05) is 7.05 Å². The Kier molecular flexibility index (Phi) is 4.32. The lowest BCUT2D eigenvalue weighted by molar-refractivity contribution is -0.156. The molecule has 21 heavy (non-hydrogen) atoms. The number of hydrogen-bond donors (Lipinski definition) is 0. The fourth-order valence-corrected chi connectivity index (χ4v) is 4.07. The van der Waals surface area contributed by atoms with Gasteiger partial charge in [0.25, 0.3) is 5.91 Å². The highest BCUT2D eigenvalue weighted by molar-refractivity contribution is 5.81. The van der Waals surface area contributed by atoms with Crippen LogP contribution in [0.1, 0.15) is 44.9 Å². The molecule has 2 fully saturated rings. The standard InChI is InChI=1S/C17H25NO3/c1-18(14-5-3-2-4-6-14)16(19)11-21-17(20)15-10-12-7-8-13(15)9-12/h7-8,12-15H,2-6,9-11H2,1H3/t12-,13-,15+/m0/s1. The van der Waals surface area contributed by atoms with Gasteiger partial charge >= 0.3 is 5.97 Å². The SMILES string of the molecule is CN(C(=O)COC(=O)[C@@H]1C[C@H]2C=C[C@H]1C2)C1CCCCC1. The Morgan fingerprint density at radius 2 is 1.90 bits per heavy atom. The van der Waals surface area contributed by atoms with E-state index in [-0.39, 0.29) is 24.4 Å². The number of hydrogen-bond acceptors (Lipinski definition) is 3. The molecule has 0 heterocycles. The Labute approximate surface area is 126 Å². The van der Waals surface area contributed by atoms with E-state index >= 15 is 0 Å². The van der Waals surface area contributed by atoms with Crippen molar-refractivity contribution in [2.75, 3.05) is 13.7 Å². The predicted molar refractivity (Wildman–Crippen MR) is 79.4 cm³/mol. The van der Waals surface area contributed by atoms with Crippen LogP contribution in [0.2, 0.25) is 0 Å². The van der Waals surface area contributed by atoms with Crippen molar-refractivity contribution in [2.45, 2.75) is 51.0 Å². The van der Waals surface area contributed by atoms with Crippen LogP contribution in [0.4, 0.5) is 0 Å². The normalized spacial score (nSPS) is 31.4. The number of carbonyl (C=O) groups excluding carboxylic acids is 2. The molecule has 0 aliphatic heterocycles. The first-order valence-corrected chi connectivity index (χ1v) is 8.26. The van der Waals surface area contributed by atoms with E-state index in [4.69, 9.17) is 4.74 Å². The highest BCUT2D eigenvalue weighted by atomic mass is 16.5. The first-order valence-electron chi connectivity index (χ1n) is 8.26. The van der Waals surface area contributed by atoms with E-state index in [1.54, 1.807) is 4.90 Å². The number of ether oxygens (including phenoxy) is 1. The van der Waals surface area contributed by atoms with E-state index in [0.717, 1.165) is 25.7 Å². The first kappa shape index (κ1) is 14.6. The number of carbonyl (C=O) groups is 2. The van der Waals surface area contributed by atoms with Crippen LogP contribution in [-0.4, -0.2) is 36.5 Å². The number of rotatable bonds is 4. The maximum atomic E-state index is 12.2. The Bertz CT molecular complexity index is 439. The number of allylic oxidation sites excluding steroid dienone is 2. The second-order valence-electron chi connectivity index (χ2n) is 6.79. The maximum absolute atomic E-state index is 12.2. The van der Waals surface area contributed by atoms with Gasteiger partial charge in [0.2, 0.25) is 0 Å². The van der Waals surface area contributed by atoms with E-state index in [2.05, 4.69) is 12.2 Å². The molecule has 2 bridgehead atoms. The molecule has 1 amide bonds. The third-order valence-corrected chi connectivity index (χ3v) is 5.44. The van der Waals surface area contributed by atoms with Gasteiger partial charge in [-0.1, -0.05) is 31.4 Å². The summed E-state index contributed by atoms with van der Waals surface area (Å²) in [6.07, 6.45) is 12.1. The summed E-state index contributed by atoms with van der Waals surface area (Å²) in [6.45, 7) is -0.0938. The van der Waals surface area contributed by atoms with Gasteiger partial charge in [0.15, 0.2) is 6.61 Å². The minimum atomic E-state index is -0.183. The summed E-state index contributed by atoms with van der Waals surface area (Å²) in [5.74, 6) is 0.626. The first-order chi connectivity index (χ1) is 10.1. The van der Waals surface area contributed by atoms with Crippen molar-refractivity contribution < 1.29 is 14.3 Å². The molecule has 3 aliphatic carbocycles. The summed E-state index contributed by atoms with van der Waals surface area (Å²) in [5.41, 5.74) is 0. The molecule has 0 radical (unpaired) electrons. The highest BCUT2D eigenvalue weighted by Gasteiger charge is 2.41. The third-order valence-electron chi connectivity index (χ3n) is 5.44. The Balaban J connectivity index is 1.44. The average molecular weight is 291 g/mol. The molecule has 3 aliphatic rings. The minimum Gasteiger partial charge on any atom is -0.455 e. The molecular weight excluding hydrogens is 266 g/mol. The van der Waals surface area contributed by atoms with Crippen LogP contribution < -0.4 is 0 Å². The molecule has 3 atom stereocenters. The van der Waals surface area contributed by atoms with Crippen LogP contribution in [0.5, 0.6) is 0 Å². The predicted octanol–water partition coefficient (Wildman–Crippen LogP) is 2.53. The number of fused-ring (bicyclic) bond motifs is 2. The van der Waals surface area contributed by atoms with E-state index in [0.29, 0.717) is 17.9 Å². The summed E-state index contributed by atoms with van der Waals surface area (Å²) in [5, 5.41) is 0. The van der Waals surface area contributed by atoms with Crippen LogP contribution in [0, 0.1) is 17.8 Å². The molecule has 116 valence electrons. The number of esters is 1. The van der Waals surface area contributed by atoms with Crippen LogP contribution in [0.3, 0.4) is 0 Å². The van der Waals surface area contributed by atoms with Crippen LogP contribution in [0.15, 0.2) is 12.2 Å². The molecule has 0 aromatic heterocycles. The van der Waals surface area contributed by atoms with Gasteiger partial charge in [-0.05, 0) is 37.5 Å². The van der Waals surface area contributed by atoms with Crippen molar-refractivity contribution in [3.63, 3.8) is 0 Å². The molecule has 0 unspecified atom stereocenters. The lowest BCUT2D eigenvalue weighted by Gasteiger charge is -2.31. The van der Waals surface area contributed by atoms with Crippen molar-refractivity contribution in [1.29, 1.82) is 0 Å². The summed E-state index contributed by atoms with van der Waals surface area (Å²) in [4.78, 5) is 26.1. The molecule has 0 N–H and O–H groups in total. The van der Waals surface area contributed by atoms with Gasteiger partial charge in [-0.15, -0.1) is 0 Å². The fraction of sp³-hybridized carbons (Fsp3) is 0.765. The second kappa shape index (κ2) is 6.20. The van der Waals surface area contributed by atoms with Gasteiger partial charge in [0.1, 0.15) is 0 Å². The van der Waals surface area contributed by atoms with Crippen LogP contribution in [-0.2, 0) is 14.3 Å². The quantitative estimate of drug-likeness (QED) is 0.590. The van der Waals surface area contributed by atoms with E-state index in [9.17, 15) is 9.59 Å². The molecule has 3 rings (SSSR count). The molecule has 4 heteroatoms. The Morgan fingerprint density at radius 1 is 1.14 bits per heavy atom. The van der Waals surface area contributed by atoms with Gasteiger partial charge in [-0.3, -0.25) is 9.59 Å². The summed E-state index contributed by atoms with van der Waals surface area (Å²) in [7, 11) is 1.84. The average Bonchev–Trinajstić information content (AvgIpc) is 3.15. The summed E-state index contributed by atoms with van der Waals surface area (Å²) < 4.78 is 5.29. The van der Waals surface area contributed by atoms with E-state index in [1.165, 1.54) is 19.3 Å². The second-order valence-corrected chi connectivity index (χ2v) is 6.79. The molecule has 4 nitrogen and oxygen atoms in total. The lowest BCUT2D eigenvalue weighted by Crippen LogP contribution is -2.41. The fourth-order valence-electron chi connectivity index (χ4n) is 4.07. The van der Waals surface area contributed by atoms with Crippen molar-refractivity contribution in [3.05, 3.63) is 12.2 Å². The largest absolute Gasteiger partial charge is 0.455 e. The Morgan fingerprint density at radius 3 is 2.52 bits per heavy atom. The van der Waals surface area contributed by atoms with Crippen LogP contribution >= 0.6 is 0 Å². The van der Waals surface area contributed by atoms with Crippen molar-refractivity contribution >= 4 is 11.9 Å². The van der Waals surface area contributed by atoms with Crippen molar-refractivity contribution in [2.24, 2.45) is 17.8 Å². The molecule has 0 aromatic rings. The number of amides is 1. The number of nitrogens with zero attached hydrogens (tertiary/aromatic N) is 1. The smallest absolute Gasteiger partial charge is 0.310 e. The van der Waals surface area contributed by atoms with Gasteiger partial charge < -0.3 is 9.64 Å². The van der Waals surface area contributed by atoms with Crippen molar-refractivity contribution in [3.8, 4) is 0 Å². The van der Waals surface area contributed by atoms with Crippen molar-refractivity contribution in [1.82, 2.24) is 4.90 Å². The monoisotopic (exact) mass is 291 g/mol. The summed E-state index contributed by atoms with van der Waals surface area (Å²) >= 11 is 0. The minimum absolute atomic E-state index is 0.0206. The molecular formula is C17H25NO3. The Hall–Kier alpha value is -1.32. The molecule has 2 saturated carbocycles. The van der Waals surface area contributed by atoms with Gasteiger partial charge in [-0.25, -0.2) is 0 Å². The number of likely N-dealkylation sites (N-methyl/N-ethyl adjacent to an activating group) is 1. The highest BCUT2D eigenvalue weighted by Crippen LogP contribution is 2.43. The maximum Gasteiger partial charge on any atom is 0.310 e. The summed E-state index contributed by atoms with van der Waals surface area (Å²) in [6, 6.07) is 0.329. The lowest BCUT2D eigenvalue weighted by atomic mass is 9.94. The zero-order valence-corrected chi connectivity index (χ0v) is 12.8. The van der Waals surface area contributed by atoms with Gasteiger partial charge in [-0.2, -0.15) is 0 Å².